The summed E-state index contributed by atoms with van der Waals surface area (Å²) in [7, 11) is 0. The van der Waals surface area contributed by atoms with Gasteiger partial charge in [0, 0.05) is 11.8 Å². The third-order valence-corrected chi connectivity index (χ3v) is 2.47. The van der Waals surface area contributed by atoms with E-state index in [0.717, 1.165) is 12.1 Å². The lowest BCUT2D eigenvalue weighted by Crippen LogP contribution is -2.28. The Morgan fingerprint density at radius 3 is 2.45 bits per heavy atom. The highest BCUT2D eigenvalue weighted by Crippen LogP contribution is 2.15. The molecule has 0 aromatic heterocycles. The molecule has 0 saturated heterocycles. The molecule has 20 heavy (non-hydrogen) atoms. The number of rotatable bonds is 5. The van der Waals surface area contributed by atoms with Gasteiger partial charge < -0.3 is 15.2 Å². The van der Waals surface area contributed by atoms with E-state index < -0.39 is 30.1 Å². The van der Waals surface area contributed by atoms with Gasteiger partial charge in [-0.05, 0) is 26.0 Å². The molecule has 0 saturated carbocycles. The van der Waals surface area contributed by atoms with Gasteiger partial charge in [0.15, 0.2) is 18.2 Å². The molecule has 1 rings (SSSR count). The van der Waals surface area contributed by atoms with E-state index in [0.29, 0.717) is 0 Å². The maximum Gasteiger partial charge on any atom is 0.333 e. The van der Waals surface area contributed by atoms with Gasteiger partial charge in [-0.2, -0.15) is 0 Å². The Labute approximate surface area is 113 Å². The number of halogens is 2. The smallest absolute Gasteiger partial charge is 0.333 e. The second kappa shape index (κ2) is 6.65. The maximum atomic E-state index is 12.9. The fourth-order valence-corrected chi connectivity index (χ4v) is 1.21. The molecule has 0 aliphatic heterocycles. The van der Waals surface area contributed by atoms with Crippen LogP contribution in [0.1, 0.15) is 13.8 Å². The average Bonchev–Trinajstić information content (AvgIpc) is 2.39. The van der Waals surface area contributed by atoms with Crippen LogP contribution in [-0.4, -0.2) is 23.6 Å². The summed E-state index contributed by atoms with van der Waals surface area (Å²) in [6.07, 6.45) is 0. The predicted octanol–water partition coefficient (Wildman–Crippen LogP) is 1.84. The maximum absolute atomic E-state index is 12.9. The topological polar surface area (TPSA) is 75.6 Å². The monoisotopic (exact) mass is 285 g/mol. The Morgan fingerprint density at radius 1 is 1.25 bits per heavy atom. The normalized spacial score (nSPS) is 11.6. The van der Waals surface area contributed by atoms with Gasteiger partial charge >= 0.3 is 5.97 Å². The van der Waals surface area contributed by atoms with Crippen molar-refractivity contribution in [1.29, 1.82) is 0 Å². The van der Waals surface area contributed by atoms with Crippen LogP contribution >= 0.6 is 0 Å². The van der Waals surface area contributed by atoms with Gasteiger partial charge in [-0.3, -0.25) is 4.79 Å². The molecule has 1 amide bonds. The van der Waals surface area contributed by atoms with Crippen molar-refractivity contribution < 1.29 is 28.2 Å². The standard InChI is InChI=1S/C13H13F2NO4/c1-7(13(18)19)8(2)16-12(17)6-20-9-3-4-10(14)11(15)5-9/h3-5H,6H2,1-2H3,(H,16,17)(H,18,19)/b8-7-. The van der Waals surface area contributed by atoms with Crippen molar-refractivity contribution in [3.63, 3.8) is 0 Å². The van der Waals surface area contributed by atoms with Crippen molar-refractivity contribution in [2.24, 2.45) is 0 Å². The van der Waals surface area contributed by atoms with Crippen molar-refractivity contribution in [2.45, 2.75) is 13.8 Å². The van der Waals surface area contributed by atoms with Gasteiger partial charge in [-0.1, -0.05) is 0 Å². The van der Waals surface area contributed by atoms with E-state index in [2.05, 4.69) is 5.32 Å². The minimum atomic E-state index is -1.15. The van der Waals surface area contributed by atoms with E-state index in [1.54, 1.807) is 0 Å². The summed E-state index contributed by atoms with van der Waals surface area (Å²) in [5.41, 5.74) is 0.169. The van der Waals surface area contributed by atoms with Crippen LogP contribution in [-0.2, 0) is 9.59 Å². The summed E-state index contributed by atoms with van der Waals surface area (Å²) < 4.78 is 30.5. The number of amides is 1. The van der Waals surface area contributed by atoms with Crippen LogP contribution in [0, 0.1) is 11.6 Å². The molecule has 108 valence electrons. The van der Waals surface area contributed by atoms with Gasteiger partial charge in [-0.25, -0.2) is 13.6 Å². The second-order valence-corrected chi connectivity index (χ2v) is 3.97. The van der Waals surface area contributed by atoms with Crippen molar-refractivity contribution in [3.05, 3.63) is 41.1 Å². The highest BCUT2D eigenvalue weighted by atomic mass is 19.2. The number of carbonyl (C=O) groups excluding carboxylic acids is 1. The molecule has 1 aromatic carbocycles. The molecule has 0 radical (unpaired) electrons. The predicted molar refractivity (Wildman–Crippen MR) is 66.0 cm³/mol. The summed E-state index contributed by atoms with van der Waals surface area (Å²) >= 11 is 0. The van der Waals surface area contributed by atoms with Crippen LogP contribution in [0.2, 0.25) is 0 Å². The van der Waals surface area contributed by atoms with Gasteiger partial charge in [-0.15, -0.1) is 0 Å². The molecular weight excluding hydrogens is 272 g/mol. The van der Waals surface area contributed by atoms with E-state index in [9.17, 15) is 18.4 Å². The van der Waals surface area contributed by atoms with Crippen molar-refractivity contribution in [1.82, 2.24) is 5.32 Å². The molecule has 5 nitrogen and oxygen atoms in total. The quantitative estimate of drug-likeness (QED) is 0.809. The summed E-state index contributed by atoms with van der Waals surface area (Å²) in [6, 6.07) is 2.87. The van der Waals surface area contributed by atoms with Gasteiger partial charge in [0.25, 0.3) is 5.91 Å². The zero-order chi connectivity index (χ0) is 15.3. The number of nitrogens with one attached hydrogen (secondary N) is 1. The lowest BCUT2D eigenvalue weighted by atomic mass is 10.2. The molecule has 7 heteroatoms. The molecule has 0 aliphatic rings. The zero-order valence-electron chi connectivity index (χ0n) is 10.9. The van der Waals surface area contributed by atoms with Crippen molar-refractivity contribution >= 4 is 11.9 Å². The first-order valence-corrected chi connectivity index (χ1v) is 5.59. The number of hydrogen-bond acceptors (Lipinski definition) is 3. The highest BCUT2D eigenvalue weighted by molar-refractivity contribution is 5.88. The lowest BCUT2D eigenvalue weighted by Gasteiger charge is -2.09. The summed E-state index contributed by atoms with van der Waals surface area (Å²) in [5, 5.41) is 11.0. The summed E-state index contributed by atoms with van der Waals surface area (Å²) in [5.74, 6) is -3.86. The Bertz CT molecular complexity index is 569. The number of benzene rings is 1. The Kier molecular flexibility index (Phi) is 5.19. The SMILES string of the molecule is C/C(NC(=O)COc1ccc(F)c(F)c1)=C(\C)C(=O)O. The molecule has 0 unspecified atom stereocenters. The third-order valence-electron chi connectivity index (χ3n) is 2.47. The third kappa shape index (κ3) is 4.34. The Hall–Kier alpha value is -2.44. The first kappa shape index (κ1) is 15.6. The summed E-state index contributed by atoms with van der Waals surface area (Å²) in [6.45, 7) is 2.32. The van der Waals surface area contributed by atoms with Crippen LogP contribution in [0.3, 0.4) is 0 Å². The van der Waals surface area contributed by atoms with Gasteiger partial charge in [0.2, 0.25) is 0 Å². The number of carbonyl (C=O) groups is 2. The number of allylic oxidation sites excluding steroid dienone is 1. The van der Waals surface area contributed by atoms with E-state index in [1.165, 1.54) is 19.9 Å². The van der Waals surface area contributed by atoms with Crippen molar-refractivity contribution in [2.75, 3.05) is 6.61 Å². The second-order valence-electron chi connectivity index (χ2n) is 3.97. The van der Waals surface area contributed by atoms with E-state index in [4.69, 9.17) is 9.84 Å². The van der Waals surface area contributed by atoms with Crippen LogP contribution in [0.5, 0.6) is 5.75 Å². The molecular formula is C13H13F2NO4. The molecule has 0 aliphatic carbocycles. The molecule has 0 heterocycles. The van der Waals surface area contributed by atoms with E-state index in [1.807, 2.05) is 0 Å². The van der Waals surface area contributed by atoms with E-state index >= 15 is 0 Å². The minimum Gasteiger partial charge on any atom is -0.484 e. The van der Waals surface area contributed by atoms with Gasteiger partial charge in [0.05, 0.1) is 5.57 Å². The molecule has 0 atom stereocenters. The Balaban J connectivity index is 2.58. The number of carboxylic acid groups (broad SMARTS) is 1. The molecule has 0 fully saturated rings. The Morgan fingerprint density at radius 2 is 1.90 bits per heavy atom. The number of hydrogen-bond donors (Lipinski definition) is 2. The molecule has 1 aromatic rings. The first-order chi connectivity index (χ1) is 9.31. The number of carboxylic acids is 1. The largest absolute Gasteiger partial charge is 0.484 e. The minimum absolute atomic E-state index is 0.00404. The first-order valence-electron chi connectivity index (χ1n) is 5.59. The van der Waals surface area contributed by atoms with Crippen LogP contribution in [0.15, 0.2) is 29.5 Å². The molecule has 0 bridgehead atoms. The van der Waals surface area contributed by atoms with Crippen molar-refractivity contribution in [3.8, 4) is 5.75 Å². The average molecular weight is 285 g/mol. The lowest BCUT2D eigenvalue weighted by molar-refractivity contribution is -0.132. The van der Waals surface area contributed by atoms with Crippen LogP contribution in [0.25, 0.3) is 0 Å². The molecule has 2 N–H and O–H groups in total. The number of ether oxygens (including phenoxy) is 1. The van der Waals surface area contributed by atoms with E-state index in [-0.39, 0.29) is 17.0 Å². The number of aliphatic carboxylic acids is 1. The fourth-order valence-electron chi connectivity index (χ4n) is 1.21. The van der Waals surface area contributed by atoms with Gasteiger partial charge in [0.1, 0.15) is 5.75 Å². The summed E-state index contributed by atoms with van der Waals surface area (Å²) in [4.78, 5) is 22.1. The van der Waals surface area contributed by atoms with Crippen LogP contribution in [0.4, 0.5) is 8.78 Å². The molecule has 0 spiro atoms. The van der Waals surface area contributed by atoms with Crippen LogP contribution < -0.4 is 10.1 Å². The fraction of sp³-hybridized carbons (Fsp3) is 0.231. The zero-order valence-corrected chi connectivity index (χ0v) is 10.9. The highest BCUT2D eigenvalue weighted by Gasteiger charge is 2.10.